The van der Waals surface area contributed by atoms with Crippen LogP contribution in [0.3, 0.4) is 0 Å². The van der Waals surface area contributed by atoms with E-state index in [1.807, 2.05) is 19.1 Å². The van der Waals surface area contributed by atoms with Crippen LogP contribution < -0.4 is 0 Å². The molecular formula is C14H14O. The van der Waals surface area contributed by atoms with Crippen LogP contribution in [0.1, 0.15) is 18.6 Å². The molecule has 0 heterocycles. The van der Waals surface area contributed by atoms with E-state index in [1.54, 1.807) is 0 Å². The Labute approximate surface area is 90.0 Å². The molecule has 0 N–H and O–H groups in total. The fourth-order valence-electron chi connectivity index (χ4n) is 1.82. The Bertz CT molecular complexity index is 468. The van der Waals surface area contributed by atoms with Crippen molar-refractivity contribution >= 4 is 10.8 Å². The zero-order chi connectivity index (χ0) is 10.7. The summed E-state index contributed by atoms with van der Waals surface area (Å²) in [6, 6.07) is 14.6. The third kappa shape index (κ3) is 1.86. The Kier molecular flexibility index (Phi) is 2.72. The van der Waals surface area contributed by atoms with Gasteiger partial charge in [-0.15, -0.1) is 0 Å². The van der Waals surface area contributed by atoms with Gasteiger partial charge in [-0.3, -0.25) is 0 Å². The first-order valence-electron chi connectivity index (χ1n) is 5.07. The van der Waals surface area contributed by atoms with Gasteiger partial charge in [0.1, 0.15) is 6.10 Å². The summed E-state index contributed by atoms with van der Waals surface area (Å²) in [5.74, 6) is 0. The number of ether oxygens (including phenoxy) is 1. The molecule has 0 spiro atoms. The van der Waals surface area contributed by atoms with Crippen molar-refractivity contribution in [2.24, 2.45) is 0 Å². The van der Waals surface area contributed by atoms with Gasteiger partial charge in [0, 0.05) is 0 Å². The normalized spacial score (nSPS) is 12.3. The van der Waals surface area contributed by atoms with Crippen molar-refractivity contribution in [3.8, 4) is 0 Å². The first-order valence-corrected chi connectivity index (χ1v) is 5.07. The second-order valence-corrected chi connectivity index (χ2v) is 3.51. The molecule has 0 aliphatic rings. The molecule has 0 aliphatic heterocycles. The van der Waals surface area contributed by atoms with E-state index in [0.717, 1.165) is 0 Å². The number of hydrogen-bond acceptors (Lipinski definition) is 1. The monoisotopic (exact) mass is 198 g/mol. The molecule has 1 atom stereocenters. The summed E-state index contributed by atoms with van der Waals surface area (Å²) >= 11 is 0. The molecule has 0 bridgehead atoms. The van der Waals surface area contributed by atoms with E-state index in [4.69, 9.17) is 4.74 Å². The number of hydrogen-bond donors (Lipinski definition) is 0. The van der Waals surface area contributed by atoms with Crippen LogP contribution in [0.4, 0.5) is 0 Å². The van der Waals surface area contributed by atoms with Crippen LogP contribution >= 0.6 is 0 Å². The van der Waals surface area contributed by atoms with Crippen LogP contribution in [0.15, 0.2) is 55.3 Å². The van der Waals surface area contributed by atoms with Gasteiger partial charge in [0.2, 0.25) is 0 Å². The second kappa shape index (κ2) is 4.18. The van der Waals surface area contributed by atoms with E-state index in [2.05, 4.69) is 36.9 Å². The topological polar surface area (TPSA) is 9.23 Å². The van der Waals surface area contributed by atoms with Gasteiger partial charge < -0.3 is 4.74 Å². The highest BCUT2D eigenvalue weighted by Crippen LogP contribution is 2.26. The minimum atomic E-state index is 0.0496. The number of fused-ring (bicyclic) bond motifs is 1. The summed E-state index contributed by atoms with van der Waals surface area (Å²) in [5.41, 5.74) is 1.20. The van der Waals surface area contributed by atoms with Gasteiger partial charge in [0.25, 0.3) is 0 Å². The maximum absolute atomic E-state index is 5.40. The molecule has 0 amide bonds. The lowest BCUT2D eigenvalue weighted by atomic mass is 10.0. The van der Waals surface area contributed by atoms with Crippen LogP contribution in [-0.2, 0) is 4.74 Å². The highest BCUT2D eigenvalue weighted by molar-refractivity contribution is 5.85. The average Bonchev–Trinajstić information content (AvgIpc) is 2.28. The summed E-state index contributed by atoms with van der Waals surface area (Å²) in [4.78, 5) is 0. The molecule has 0 unspecified atom stereocenters. The molecule has 1 heteroatoms. The van der Waals surface area contributed by atoms with Gasteiger partial charge >= 0.3 is 0 Å². The first-order chi connectivity index (χ1) is 7.33. The van der Waals surface area contributed by atoms with Crippen molar-refractivity contribution in [3.63, 3.8) is 0 Å². The molecule has 1 nitrogen and oxygen atoms in total. The molecule has 2 rings (SSSR count). The Morgan fingerprint density at radius 3 is 2.67 bits per heavy atom. The van der Waals surface area contributed by atoms with Gasteiger partial charge in [0.05, 0.1) is 6.26 Å². The second-order valence-electron chi connectivity index (χ2n) is 3.51. The van der Waals surface area contributed by atoms with Gasteiger partial charge in [0.15, 0.2) is 0 Å². The Balaban J connectivity index is 2.55. The molecule has 0 aromatic heterocycles. The van der Waals surface area contributed by atoms with Gasteiger partial charge in [-0.2, -0.15) is 0 Å². The molecule has 76 valence electrons. The predicted octanol–water partition coefficient (Wildman–Crippen LogP) is 4.06. The molecule has 2 aromatic rings. The lowest BCUT2D eigenvalue weighted by molar-refractivity contribution is 0.166. The Morgan fingerprint density at radius 2 is 1.87 bits per heavy atom. The SMILES string of the molecule is C=CO[C@@H](C)c1cccc2ccccc12. The molecular weight excluding hydrogens is 184 g/mol. The maximum atomic E-state index is 5.40. The highest BCUT2D eigenvalue weighted by Gasteiger charge is 2.07. The quantitative estimate of drug-likeness (QED) is 0.676. The van der Waals surface area contributed by atoms with Crippen molar-refractivity contribution in [2.45, 2.75) is 13.0 Å². The molecule has 0 aliphatic carbocycles. The van der Waals surface area contributed by atoms with E-state index in [9.17, 15) is 0 Å². The minimum Gasteiger partial charge on any atom is -0.494 e. The number of rotatable bonds is 3. The van der Waals surface area contributed by atoms with E-state index >= 15 is 0 Å². The minimum absolute atomic E-state index is 0.0496. The number of benzene rings is 2. The lowest BCUT2D eigenvalue weighted by Crippen LogP contribution is -1.95. The predicted molar refractivity (Wildman–Crippen MR) is 63.6 cm³/mol. The third-order valence-electron chi connectivity index (χ3n) is 2.56. The van der Waals surface area contributed by atoms with Crippen molar-refractivity contribution in [1.82, 2.24) is 0 Å². The van der Waals surface area contributed by atoms with Crippen molar-refractivity contribution < 1.29 is 4.74 Å². The fraction of sp³-hybridized carbons (Fsp3) is 0.143. The third-order valence-corrected chi connectivity index (χ3v) is 2.56. The summed E-state index contributed by atoms with van der Waals surface area (Å²) in [5, 5.41) is 2.49. The largest absolute Gasteiger partial charge is 0.494 e. The summed E-state index contributed by atoms with van der Waals surface area (Å²) < 4.78 is 5.40. The van der Waals surface area contributed by atoms with Gasteiger partial charge in [-0.25, -0.2) is 0 Å². The van der Waals surface area contributed by atoms with Crippen molar-refractivity contribution in [3.05, 3.63) is 60.9 Å². The van der Waals surface area contributed by atoms with Crippen LogP contribution in [0.25, 0.3) is 10.8 Å². The molecule has 15 heavy (non-hydrogen) atoms. The maximum Gasteiger partial charge on any atom is 0.121 e. The Hall–Kier alpha value is -1.76. The van der Waals surface area contributed by atoms with Gasteiger partial charge in [-0.1, -0.05) is 49.0 Å². The summed E-state index contributed by atoms with van der Waals surface area (Å²) in [6.07, 6.45) is 1.54. The van der Waals surface area contributed by atoms with Crippen LogP contribution in [0.2, 0.25) is 0 Å². The molecule has 0 fully saturated rings. The van der Waals surface area contributed by atoms with Crippen molar-refractivity contribution in [2.75, 3.05) is 0 Å². The summed E-state index contributed by atoms with van der Waals surface area (Å²) in [6.45, 7) is 5.62. The van der Waals surface area contributed by atoms with E-state index in [1.165, 1.54) is 22.6 Å². The standard InChI is InChI=1S/C14H14O/c1-3-15-11(2)13-10-6-8-12-7-4-5-9-14(12)13/h3-11H,1H2,2H3/t11-/m0/s1. The van der Waals surface area contributed by atoms with E-state index < -0.39 is 0 Å². The van der Waals surface area contributed by atoms with Gasteiger partial charge in [-0.05, 0) is 23.3 Å². The van der Waals surface area contributed by atoms with Crippen molar-refractivity contribution in [1.29, 1.82) is 0 Å². The highest BCUT2D eigenvalue weighted by atomic mass is 16.5. The lowest BCUT2D eigenvalue weighted by Gasteiger charge is -2.13. The fourth-order valence-corrected chi connectivity index (χ4v) is 1.82. The van der Waals surface area contributed by atoms with E-state index in [0.29, 0.717) is 0 Å². The Morgan fingerprint density at radius 1 is 1.13 bits per heavy atom. The van der Waals surface area contributed by atoms with Crippen LogP contribution in [-0.4, -0.2) is 0 Å². The molecule has 2 aromatic carbocycles. The smallest absolute Gasteiger partial charge is 0.121 e. The summed E-state index contributed by atoms with van der Waals surface area (Å²) in [7, 11) is 0. The van der Waals surface area contributed by atoms with Crippen LogP contribution in [0, 0.1) is 0 Å². The molecule has 0 saturated carbocycles. The molecule has 0 radical (unpaired) electrons. The zero-order valence-corrected chi connectivity index (χ0v) is 8.81. The van der Waals surface area contributed by atoms with Crippen LogP contribution in [0.5, 0.6) is 0 Å². The zero-order valence-electron chi connectivity index (χ0n) is 8.81. The average molecular weight is 198 g/mol. The van der Waals surface area contributed by atoms with E-state index in [-0.39, 0.29) is 6.10 Å². The first kappa shape index (κ1) is 9.78. The molecule has 0 saturated heterocycles.